The van der Waals surface area contributed by atoms with E-state index in [1.54, 1.807) is 11.8 Å². The standard InChI is InChI=1S/C24H25FN10OS2/c25-15-8-23(2-1-5-35(23)10-15)14-36-22-31-20(33(6-3-26)7-4-27)30-21(32-22)34-12-24(13-34)18-16(9-28)19(29)38-17(18)11-37-24/h15H,1-2,5-8,10-14,29H2/t15?,23-/m0/s1. The fourth-order valence-electron chi connectivity index (χ4n) is 6.13. The first-order chi connectivity index (χ1) is 18.4. The molecule has 3 saturated heterocycles. The van der Waals surface area contributed by atoms with Gasteiger partial charge in [-0.2, -0.15) is 30.7 Å². The normalized spacial score (nSPS) is 24.8. The summed E-state index contributed by atoms with van der Waals surface area (Å²) < 4.78 is 20.1. The Morgan fingerprint density at radius 2 is 1.97 bits per heavy atom. The molecular formula is C24H25FN10OS2. The summed E-state index contributed by atoms with van der Waals surface area (Å²) in [7, 11) is 0. The van der Waals surface area contributed by atoms with Crippen LogP contribution in [0.25, 0.3) is 0 Å². The maximum atomic E-state index is 14.2. The molecule has 6 heterocycles. The van der Waals surface area contributed by atoms with E-state index in [2.05, 4.69) is 38.1 Å². The highest BCUT2D eigenvalue weighted by atomic mass is 32.2. The number of thiophene rings is 1. The van der Waals surface area contributed by atoms with Gasteiger partial charge in [-0.25, -0.2) is 4.39 Å². The molecule has 3 fully saturated rings. The van der Waals surface area contributed by atoms with Crippen molar-refractivity contribution in [2.45, 2.75) is 41.5 Å². The first-order valence-electron chi connectivity index (χ1n) is 12.4. The quantitative estimate of drug-likeness (QED) is 0.500. The highest BCUT2D eigenvalue weighted by Gasteiger charge is 2.53. The average Bonchev–Trinajstić information content (AvgIpc) is 3.59. The number of halogens is 1. The van der Waals surface area contributed by atoms with Crippen LogP contribution in [0.2, 0.25) is 0 Å². The molecule has 2 aromatic heterocycles. The largest absolute Gasteiger partial charge is 0.461 e. The number of fused-ring (bicyclic) bond motifs is 3. The molecule has 1 unspecified atom stereocenters. The molecule has 0 bridgehead atoms. The number of ether oxygens (including phenoxy) is 1. The third-order valence-electron chi connectivity index (χ3n) is 7.86. The molecule has 11 nitrogen and oxygen atoms in total. The van der Waals surface area contributed by atoms with Crippen LogP contribution in [-0.4, -0.2) is 77.4 Å². The number of thioether (sulfide) groups is 1. The number of nitriles is 3. The fourth-order valence-corrected chi connectivity index (χ4v) is 8.93. The van der Waals surface area contributed by atoms with Crippen molar-refractivity contribution in [1.82, 2.24) is 19.9 Å². The Morgan fingerprint density at radius 1 is 1.18 bits per heavy atom. The van der Waals surface area contributed by atoms with Crippen molar-refractivity contribution >= 4 is 40.0 Å². The topological polar surface area (TPSA) is 155 Å². The lowest BCUT2D eigenvalue weighted by molar-refractivity contribution is 0.107. The van der Waals surface area contributed by atoms with Crippen LogP contribution in [0.4, 0.5) is 21.3 Å². The molecule has 2 aromatic rings. The maximum absolute atomic E-state index is 14.2. The minimum absolute atomic E-state index is 0.0689. The monoisotopic (exact) mass is 552 g/mol. The lowest BCUT2D eigenvalue weighted by atomic mass is 9.88. The van der Waals surface area contributed by atoms with E-state index in [4.69, 9.17) is 10.5 Å². The van der Waals surface area contributed by atoms with Gasteiger partial charge in [0.1, 0.15) is 36.9 Å². The van der Waals surface area contributed by atoms with E-state index >= 15 is 0 Å². The van der Waals surface area contributed by atoms with Crippen molar-refractivity contribution in [1.29, 1.82) is 15.8 Å². The Kier molecular flexibility index (Phi) is 6.18. The summed E-state index contributed by atoms with van der Waals surface area (Å²) in [5.41, 5.74) is 7.32. The molecule has 0 saturated carbocycles. The van der Waals surface area contributed by atoms with Gasteiger partial charge in [-0.05, 0) is 19.4 Å². The number of nitrogens with two attached hydrogens (primary N) is 1. The smallest absolute Gasteiger partial charge is 0.323 e. The van der Waals surface area contributed by atoms with Crippen molar-refractivity contribution in [3.8, 4) is 24.2 Å². The number of nitrogens with zero attached hydrogens (tertiary/aromatic N) is 9. The number of aromatic nitrogens is 3. The van der Waals surface area contributed by atoms with Crippen molar-refractivity contribution < 1.29 is 9.13 Å². The van der Waals surface area contributed by atoms with Gasteiger partial charge in [0.05, 0.1) is 28.0 Å². The summed E-state index contributed by atoms with van der Waals surface area (Å²) >= 11 is 3.27. The van der Waals surface area contributed by atoms with Gasteiger partial charge in [0.15, 0.2) is 0 Å². The summed E-state index contributed by atoms with van der Waals surface area (Å²) in [5, 5.41) is 28.8. The van der Waals surface area contributed by atoms with Crippen molar-refractivity contribution in [2.24, 2.45) is 0 Å². The number of nitrogen functional groups attached to an aromatic ring is 1. The van der Waals surface area contributed by atoms with E-state index in [0.29, 0.717) is 42.6 Å². The molecule has 1 spiro atoms. The third-order valence-corrected chi connectivity index (χ3v) is 10.5. The van der Waals surface area contributed by atoms with Crippen LogP contribution in [0.1, 0.15) is 35.3 Å². The second-order valence-corrected chi connectivity index (χ2v) is 12.6. The lowest BCUT2D eigenvalue weighted by Gasteiger charge is -2.47. The van der Waals surface area contributed by atoms with Gasteiger partial charge in [0, 0.05) is 42.2 Å². The maximum Gasteiger partial charge on any atom is 0.323 e. The minimum Gasteiger partial charge on any atom is -0.461 e. The number of anilines is 3. The summed E-state index contributed by atoms with van der Waals surface area (Å²) in [6.07, 6.45) is 1.40. The lowest BCUT2D eigenvalue weighted by Crippen LogP contribution is -2.57. The number of rotatable bonds is 7. The molecule has 0 aliphatic carbocycles. The molecular weight excluding hydrogens is 527 g/mol. The molecule has 0 radical (unpaired) electrons. The van der Waals surface area contributed by atoms with Gasteiger partial charge in [-0.3, -0.25) is 4.90 Å². The molecule has 6 rings (SSSR count). The first kappa shape index (κ1) is 24.9. The van der Waals surface area contributed by atoms with Crippen LogP contribution in [0.3, 0.4) is 0 Å². The van der Waals surface area contributed by atoms with Crippen LogP contribution in [0.15, 0.2) is 0 Å². The second-order valence-electron chi connectivity index (χ2n) is 10.1. The molecule has 0 amide bonds. The van der Waals surface area contributed by atoms with Crippen molar-refractivity contribution in [3.05, 3.63) is 16.0 Å². The van der Waals surface area contributed by atoms with E-state index < -0.39 is 6.17 Å². The molecule has 0 aromatic carbocycles. The van der Waals surface area contributed by atoms with E-state index in [-0.39, 0.29) is 41.9 Å². The molecule has 14 heteroatoms. The van der Waals surface area contributed by atoms with E-state index in [1.165, 1.54) is 16.2 Å². The number of hydrogen-bond acceptors (Lipinski definition) is 13. The zero-order valence-corrected chi connectivity index (χ0v) is 22.2. The highest BCUT2D eigenvalue weighted by molar-refractivity contribution is 8.00. The molecule has 4 aliphatic heterocycles. The van der Waals surface area contributed by atoms with Crippen LogP contribution >= 0.6 is 23.1 Å². The molecule has 4 aliphatic rings. The average molecular weight is 553 g/mol. The van der Waals surface area contributed by atoms with Gasteiger partial charge in [-0.1, -0.05) is 0 Å². The predicted molar refractivity (Wildman–Crippen MR) is 140 cm³/mol. The van der Waals surface area contributed by atoms with Gasteiger partial charge in [0.25, 0.3) is 0 Å². The summed E-state index contributed by atoms with van der Waals surface area (Å²) in [4.78, 5) is 20.4. The van der Waals surface area contributed by atoms with Gasteiger partial charge >= 0.3 is 6.01 Å². The first-order valence-corrected chi connectivity index (χ1v) is 14.2. The molecule has 38 heavy (non-hydrogen) atoms. The SMILES string of the molecule is N#CCN(CC#N)c1nc(OC[C@@]23CCCN2CC(F)C3)nc(N2CC3(C2)SCc2sc(N)c(C#N)c23)n1. The highest BCUT2D eigenvalue weighted by Crippen LogP contribution is 2.57. The molecule has 196 valence electrons. The number of hydrogen-bond donors (Lipinski definition) is 1. The third kappa shape index (κ3) is 3.97. The van der Waals surface area contributed by atoms with Crippen molar-refractivity contribution in [2.75, 3.05) is 61.4 Å². The zero-order chi connectivity index (χ0) is 26.5. The van der Waals surface area contributed by atoms with E-state index in [0.717, 1.165) is 35.6 Å². The van der Waals surface area contributed by atoms with Crippen LogP contribution in [-0.2, 0) is 10.5 Å². The number of alkyl halides is 1. The second kappa shape index (κ2) is 9.42. The van der Waals surface area contributed by atoms with E-state index in [1.807, 2.05) is 4.90 Å². The Bertz CT molecular complexity index is 1370. The van der Waals surface area contributed by atoms with E-state index in [9.17, 15) is 20.2 Å². The Hall–Kier alpha value is -3.38. The van der Waals surface area contributed by atoms with Crippen molar-refractivity contribution in [3.63, 3.8) is 0 Å². The van der Waals surface area contributed by atoms with Gasteiger partial charge in [0.2, 0.25) is 11.9 Å². The van der Waals surface area contributed by atoms with Gasteiger partial charge in [-0.15, -0.1) is 23.1 Å². The molecule has 2 atom stereocenters. The van der Waals surface area contributed by atoms with Crippen LogP contribution in [0.5, 0.6) is 6.01 Å². The Labute approximate surface area is 227 Å². The fraction of sp³-hybridized carbons (Fsp3) is 0.583. The Morgan fingerprint density at radius 3 is 2.71 bits per heavy atom. The Balaban J connectivity index is 1.28. The predicted octanol–water partition coefficient (Wildman–Crippen LogP) is 2.16. The minimum atomic E-state index is -0.874. The van der Waals surface area contributed by atoms with Crippen LogP contribution in [0, 0.1) is 34.0 Å². The van der Waals surface area contributed by atoms with Gasteiger partial charge < -0.3 is 20.3 Å². The zero-order valence-electron chi connectivity index (χ0n) is 20.6. The summed E-state index contributed by atoms with van der Waals surface area (Å²) in [6, 6.07) is 6.46. The summed E-state index contributed by atoms with van der Waals surface area (Å²) in [5.74, 6) is 1.37. The summed E-state index contributed by atoms with van der Waals surface area (Å²) in [6.45, 7) is 2.55. The molecule has 2 N–H and O–H groups in total. The van der Waals surface area contributed by atoms with Crippen LogP contribution < -0.4 is 20.3 Å².